The maximum Gasteiger partial charge on any atom is 0.573 e. The molecule has 0 atom stereocenters. The molecular weight excluding hydrogens is 433 g/mol. The molecule has 5 nitrogen and oxygen atoms in total. The number of benzene rings is 3. The second-order valence-electron chi connectivity index (χ2n) is 7.28. The van der Waals surface area contributed by atoms with Crippen molar-refractivity contribution in [3.63, 3.8) is 0 Å². The van der Waals surface area contributed by atoms with Gasteiger partial charge in [0.1, 0.15) is 12.4 Å². The number of hydrogen-bond donors (Lipinski definition) is 2. The normalized spacial score (nSPS) is 12.2. The van der Waals surface area contributed by atoms with Crippen LogP contribution in [0.25, 0.3) is 11.1 Å². The van der Waals surface area contributed by atoms with Gasteiger partial charge in [-0.25, -0.2) is 4.79 Å². The number of halogens is 3. The van der Waals surface area contributed by atoms with E-state index in [0.717, 1.165) is 34.4 Å². The first-order chi connectivity index (χ1) is 15.8. The monoisotopic (exact) mass is 452 g/mol. The number of fused-ring (bicyclic) bond motifs is 3. The van der Waals surface area contributed by atoms with Gasteiger partial charge in [-0.15, -0.1) is 13.2 Å². The van der Waals surface area contributed by atoms with E-state index in [4.69, 9.17) is 10.5 Å². The van der Waals surface area contributed by atoms with Gasteiger partial charge in [0.15, 0.2) is 0 Å². The lowest BCUT2D eigenvalue weighted by atomic mass is 9.98. The smallest absolute Gasteiger partial charge is 0.449 e. The van der Waals surface area contributed by atoms with Crippen molar-refractivity contribution in [2.45, 2.75) is 12.3 Å². The molecule has 0 heterocycles. The summed E-state index contributed by atoms with van der Waals surface area (Å²) in [6.07, 6.45) is -5.46. The molecule has 33 heavy (non-hydrogen) atoms. The summed E-state index contributed by atoms with van der Waals surface area (Å²) in [7, 11) is 0. The van der Waals surface area contributed by atoms with Gasteiger partial charge < -0.3 is 20.5 Å². The van der Waals surface area contributed by atoms with Crippen molar-refractivity contribution in [3.05, 3.63) is 83.4 Å². The molecule has 0 saturated heterocycles. The molecule has 1 aliphatic rings. The zero-order valence-corrected chi connectivity index (χ0v) is 17.3. The average Bonchev–Trinajstić information content (AvgIpc) is 3.10. The molecule has 8 heteroatoms. The zero-order valence-electron chi connectivity index (χ0n) is 17.3. The number of nitrogen functional groups attached to an aromatic ring is 1. The number of ether oxygens (including phenoxy) is 2. The van der Waals surface area contributed by atoms with Crippen LogP contribution in [0.15, 0.2) is 66.7 Å². The number of anilines is 1. The fourth-order valence-corrected chi connectivity index (χ4v) is 3.75. The Balaban J connectivity index is 1.34. The van der Waals surface area contributed by atoms with Crippen LogP contribution in [-0.4, -0.2) is 25.6 Å². The third kappa shape index (κ3) is 5.21. The predicted molar refractivity (Wildman–Crippen MR) is 117 cm³/mol. The number of carbonyl (C=O) groups is 1. The minimum atomic E-state index is -4.81. The van der Waals surface area contributed by atoms with E-state index in [1.807, 2.05) is 48.5 Å². The summed E-state index contributed by atoms with van der Waals surface area (Å²) in [4.78, 5) is 12.1. The molecule has 0 fully saturated rings. The van der Waals surface area contributed by atoms with Gasteiger partial charge in [0, 0.05) is 11.6 Å². The first kappa shape index (κ1) is 22.1. The molecule has 0 bridgehead atoms. The molecule has 3 aromatic rings. The second-order valence-corrected chi connectivity index (χ2v) is 7.28. The molecule has 0 saturated carbocycles. The lowest BCUT2D eigenvalue weighted by Crippen LogP contribution is -2.26. The van der Waals surface area contributed by atoms with Crippen LogP contribution >= 0.6 is 0 Å². The minimum absolute atomic E-state index is 0.0644. The van der Waals surface area contributed by atoms with E-state index >= 15 is 0 Å². The number of hydrogen-bond acceptors (Lipinski definition) is 4. The maximum atomic E-state index is 12.4. The Morgan fingerprint density at radius 1 is 1.00 bits per heavy atom. The Kier molecular flexibility index (Phi) is 6.13. The van der Waals surface area contributed by atoms with Crippen LogP contribution in [0.2, 0.25) is 0 Å². The number of alkyl carbamates (subject to hydrolysis) is 1. The first-order valence-corrected chi connectivity index (χ1v) is 10.0. The Bertz CT molecular complexity index is 1200. The van der Waals surface area contributed by atoms with E-state index in [9.17, 15) is 18.0 Å². The topological polar surface area (TPSA) is 73.6 Å². The maximum absolute atomic E-state index is 12.4. The molecule has 168 valence electrons. The predicted octanol–water partition coefficient (Wildman–Crippen LogP) is 5.06. The summed E-state index contributed by atoms with van der Waals surface area (Å²) in [5.74, 6) is 4.78. The SMILES string of the molecule is Nc1ccc(OC(F)(F)F)cc1C#CCNC(=O)OCC1c2ccccc2-c2ccccc21. The number of rotatable bonds is 4. The standard InChI is InChI=1S/C25H19F3N2O3/c26-25(27,28)33-17-11-12-23(29)16(14-17)6-5-13-30-24(31)32-15-22-20-9-3-1-7-18(20)19-8-2-4-10-21(19)22/h1-4,7-12,14,22H,13,15,29H2,(H,30,31). The van der Waals surface area contributed by atoms with Crippen LogP contribution in [0.3, 0.4) is 0 Å². The summed E-state index contributed by atoms with van der Waals surface area (Å²) in [5, 5.41) is 2.51. The Morgan fingerprint density at radius 3 is 2.27 bits per heavy atom. The molecule has 0 aromatic heterocycles. The molecule has 0 spiro atoms. The van der Waals surface area contributed by atoms with Crippen LogP contribution in [0.1, 0.15) is 22.6 Å². The molecule has 3 aromatic carbocycles. The van der Waals surface area contributed by atoms with Crippen molar-refractivity contribution < 1.29 is 27.4 Å². The van der Waals surface area contributed by atoms with Gasteiger partial charge in [0.25, 0.3) is 0 Å². The van der Waals surface area contributed by atoms with Gasteiger partial charge in [-0.3, -0.25) is 0 Å². The fraction of sp³-hybridized carbons (Fsp3) is 0.160. The zero-order chi connectivity index (χ0) is 23.4. The van der Waals surface area contributed by atoms with Crippen LogP contribution in [0.4, 0.5) is 23.7 Å². The highest BCUT2D eigenvalue weighted by Crippen LogP contribution is 2.44. The molecule has 4 rings (SSSR count). The highest BCUT2D eigenvalue weighted by atomic mass is 19.4. The van der Waals surface area contributed by atoms with Crippen LogP contribution in [0, 0.1) is 11.8 Å². The molecule has 1 aliphatic carbocycles. The van der Waals surface area contributed by atoms with Gasteiger partial charge in [-0.1, -0.05) is 60.4 Å². The quantitative estimate of drug-likeness (QED) is 0.429. The Morgan fingerprint density at radius 2 is 1.64 bits per heavy atom. The van der Waals surface area contributed by atoms with Crippen molar-refractivity contribution >= 4 is 11.8 Å². The lowest BCUT2D eigenvalue weighted by molar-refractivity contribution is -0.274. The van der Waals surface area contributed by atoms with Gasteiger partial charge in [-0.05, 0) is 40.5 Å². The number of nitrogens with one attached hydrogen (secondary N) is 1. The summed E-state index contributed by atoms with van der Waals surface area (Å²) in [5.41, 5.74) is 10.5. The highest BCUT2D eigenvalue weighted by Gasteiger charge is 2.31. The highest BCUT2D eigenvalue weighted by molar-refractivity contribution is 5.79. The summed E-state index contributed by atoms with van der Waals surface area (Å²) in [6.45, 7) is 0.0948. The van der Waals surface area contributed by atoms with Crippen molar-refractivity contribution in [3.8, 4) is 28.7 Å². The van der Waals surface area contributed by atoms with Crippen molar-refractivity contribution in [2.75, 3.05) is 18.9 Å². The Labute approximate surface area is 188 Å². The van der Waals surface area contributed by atoms with E-state index in [0.29, 0.717) is 0 Å². The van der Waals surface area contributed by atoms with E-state index in [2.05, 4.69) is 21.9 Å². The first-order valence-electron chi connectivity index (χ1n) is 10.0. The van der Waals surface area contributed by atoms with E-state index in [-0.39, 0.29) is 30.3 Å². The van der Waals surface area contributed by atoms with Gasteiger partial charge in [0.05, 0.1) is 12.1 Å². The lowest BCUT2D eigenvalue weighted by Gasteiger charge is -2.14. The molecular formula is C25H19F3N2O3. The van der Waals surface area contributed by atoms with E-state index in [1.165, 1.54) is 6.07 Å². The largest absolute Gasteiger partial charge is 0.573 e. The van der Waals surface area contributed by atoms with E-state index in [1.54, 1.807) is 0 Å². The van der Waals surface area contributed by atoms with Crippen LogP contribution in [-0.2, 0) is 4.74 Å². The molecule has 0 radical (unpaired) electrons. The summed E-state index contributed by atoms with van der Waals surface area (Å²) >= 11 is 0. The third-order valence-electron chi connectivity index (χ3n) is 5.15. The number of alkyl halides is 3. The second kappa shape index (κ2) is 9.17. The minimum Gasteiger partial charge on any atom is -0.449 e. The number of nitrogens with two attached hydrogens (primary N) is 1. The summed E-state index contributed by atoms with van der Waals surface area (Å²) in [6, 6.07) is 19.4. The molecule has 3 N–H and O–H groups in total. The summed E-state index contributed by atoms with van der Waals surface area (Å²) < 4.78 is 46.4. The van der Waals surface area contributed by atoms with Crippen molar-refractivity contribution in [2.24, 2.45) is 0 Å². The molecule has 0 aliphatic heterocycles. The van der Waals surface area contributed by atoms with E-state index < -0.39 is 18.2 Å². The van der Waals surface area contributed by atoms with Crippen molar-refractivity contribution in [1.82, 2.24) is 5.32 Å². The van der Waals surface area contributed by atoms with Crippen LogP contribution < -0.4 is 15.8 Å². The third-order valence-corrected chi connectivity index (χ3v) is 5.15. The molecule has 0 unspecified atom stereocenters. The average molecular weight is 452 g/mol. The number of amides is 1. The Hall–Kier alpha value is -4.12. The van der Waals surface area contributed by atoms with Gasteiger partial charge >= 0.3 is 12.5 Å². The van der Waals surface area contributed by atoms with Crippen LogP contribution in [0.5, 0.6) is 5.75 Å². The molecule has 1 amide bonds. The number of carbonyl (C=O) groups excluding carboxylic acids is 1. The fourth-order valence-electron chi connectivity index (χ4n) is 3.75. The van der Waals surface area contributed by atoms with Gasteiger partial charge in [0.2, 0.25) is 0 Å². The van der Waals surface area contributed by atoms with Gasteiger partial charge in [-0.2, -0.15) is 0 Å². The van der Waals surface area contributed by atoms with Crippen molar-refractivity contribution in [1.29, 1.82) is 0 Å².